The van der Waals surface area contributed by atoms with Gasteiger partial charge in [0.15, 0.2) is 11.6 Å². The molecule has 0 amide bonds. The Morgan fingerprint density at radius 3 is 2.00 bits per heavy atom. The molecular formula is C21H17ClN4O2S. The van der Waals surface area contributed by atoms with Gasteiger partial charge in [-0.25, -0.2) is 18.4 Å². The van der Waals surface area contributed by atoms with E-state index < -0.39 is 10.0 Å². The van der Waals surface area contributed by atoms with Crippen molar-refractivity contribution in [2.45, 2.75) is 11.4 Å². The maximum atomic E-state index is 12.8. The summed E-state index contributed by atoms with van der Waals surface area (Å²) >= 11 is 5.93. The Labute approximate surface area is 173 Å². The number of nitrogens with zero attached hydrogens (tertiary/aromatic N) is 2. The van der Waals surface area contributed by atoms with Gasteiger partial charge >= 0.3 is 0 Å². The lowest BCUT2D eigenvalue weighted by molar-refractivity contribution is 0.601. The zero-order valence-corrected chi connectivity index (χ0v) is 16.8. The van der Waals surface area contributed by atoms with Crippen LogP contribution in [0.15, 0.2) is 83.8 Å². The van der Waals surface area contributed by atoms with Crippen molar-refractivity contribution in [1.82, 2.24) is 9.97 Å². The highest BCUT2D eigenvalue weighted by Gasteiger charge is 2.18. The van der Waals surface area contributed by atoms with E-state index in [4.69, 9.17) is 11.6 Å². The van der Waals surface area contributed by atoms with Gasteiger partial charge < -0.3 is 5.32 Å². The molecule has 0 radical (unpaired) electrons. The highest BCUT2D eigenvalue weighted by Crippen LogP contribution is 2.25. The van der Waals surface area contributed by atoms with Crippen LogP contribution in [0.5, 0.6) is 0 Å². The smallest absolute Gasteiger partial charge is 0.263 e. The minimum atomic E-state index is -3.80. The van der Waals surface area contributed by atoms with Crippen molar-refractivity contribution in [3.63, 3.8) is 0 Å². The number of rotatable bonds is 6. The Balaban J connectivity index is 1.69. The summed E-state index contributed by atoms with van der Waals surface area (Å²) in [5, 5.41) is 3.82. The van der Waals surface area contributed by atoms with E-state index in [-0.39, 0.29) is 10.7 Å². The third kappa shape index (κ3) is 4.47. The fourth-order valence-corrected chi connectivity index (χ4v) is 3.92. The molecule has 0 spiro atoms. The van der Waals surface area contributed by atoms with Gasteiger partial charge in [0.25, 0.3) is 10.0 Å². The van der Waals surface area contributed by atoms with Crippen molar-refractivity contribution >= 4 is 44.3 Å². The zero-order valence-electron chi connectivity index (χ0n) is 15.2. The highest BCUT2D eigenvalue weighted by molar-refractivity contribution is 7.92. The van der Waals surface area contributed by atoms with Gasteiger partial charge in [-0.15, -0.1) is 0 Å². The highest BCUT2D eigenvalue weighted by atomic mass is 35.5. The Bertz CT molecular complexity index is 1250. The van der Waals surface area contributed by atoms with Crippen molar-refractivity contribution in [2.75, 3.05) is 10.0 Å². The maximum Gasteiger partial charge on any atom is 0.263 e. The first kappa shape index (κ1) is 19.2. The van der Waals surface area contributed by atoms with E-state index in [9.17, 15) is 8.42 Å². The van der Waals surface area contributed by atoms with E-state index >= 15 is 0 Å². The first-order valence-corrected chi connectivity index (χ1v) is 10.7. The van der Waals surface area contributed by atoms with Gasteiger partial charge in [-0.05, 0) is 42.0 Å². The molecule has 2 N–H and O–H groups in total. The lowest BCUT2D eigenvalue weighted by Gasteiger charge is -2.14. The lowest BCUT2D eigenvalue weighted by atomic mass is 10.2. The van der Waals surface area contributed by atoms with Gasteiger partial charge in [0.05, 0.1) is 15.9 Å². The lowest BCUT2D eigenvalue weighted by Crippen LogP contribution is -2.16. The monoisotopic (exact) mass is 424 g/mol. The molecule has 0 unspecified atom stereocenters. The number of para-hydroxylation sites is 2. The van der Waals surface area contributed by atoms with Gasteiger partial charge in [-0.2, -0.15) is 0 Å². The Morgan fingerprint density at radius 1 is 0.759 bits per heavy atom. The molecule has 4 aromatic rings. The fourth-order valence-electron chi connectivity index (χ4n) is 2.77. The van der Waals surface area contributed by atoms with Crippen LogP contribution in [-0.2, 0) is 16.6 Å². The first-order valence-electron chi connectivity index (χ1n) is 8.84. The van der Waals surface area contributed by atoms with Crippen molar-refractivity contribution < 1.29 is 8.42 Å². The van der Waals surface area contributed by atoms with Crippen molar-refractivity contribution in [3.05, 3.63) is 89.4 Å². The van der Waals surface area contributed by atoms with Crippen LogP contribution >= 0.6 is 11.6 Å². The van der Waals surface area contributed by atoms with Crippen LogP contribution in [0, 0.1) is 0 Å². The van der Waals surface area contributed by atoms with E-state index in [1.54, 1.807) is 36.4 Å². The fraction of sp³-hybridized carbons (Fsp3) is 0.0476. The second-order valence-electron chi connectivity index (χ2n) is 6.31. The number of hydrogen-bond donors (Lipinski definition) is 2. The number of aromatic nitrogens is 2. The molecule has 0 bridgehead atoms. The Morgan fingerprint density at radius 2 is 1.34 bits per heavy atom. The number of benzene rings is 3. The van der Waals surface area contributed by atoms with Gasteiger partial charge in [0.1, 0.15) is 0 Å². The SMILES string of the molecule is O=S(=O)(Nc1nc2ccccc2nc1NCc1ccc(Cl)cc1)c1ccccc1. The van der Waals surface area contributed by atoms with Crippen molar-refractivity contribution in [1.29, 1.82) is 0 Å². The third-order valence-corrected chi connectivity index (χ3v) is 5.84. The summed E-state index contributed by atoms with van der Waals surface area (Å²) < 4.78 is 28.1. The summed E-state index contributed by atoms with van der Waals surface area (Å²) in [5.74, 6) is 0.486. The van der Waals surface area contributed by atoms with E-state index in [0.29, 0.717) is 28.4 Å². The molecule has 4 rings (SSSR count). The summed E-state index contributed by atoms with van der Waals surface area (Å²) in [4.78, 5) is 9.19. The molecule has 6 nitrogen and oxygen atoms in total. The molecule has 146 valence electrons. The predicted octanol–water partition coefficient (Wildman–Crippen LogP) is 4.70. The largest absolute Gasteiger partial charge is 0.363 e. The average Bonchev–Trinajstić information content (AvgIpc) is 2.74. The van der Waals surface area contributed by atoms with Crippen LogP contribution in [0.2, 0.25) is 5.02 Å². The van der Waals surface area contributed by atoms with Gasteiger partial charge in [0.2, 0.25) is 0 Å². The first-order chi connectivity index (χ1) is 14.0. The summed E-state index contributed by atoms with van der Waals surface area (Å²) in [5.41, 5.74) is 2.23. The predicted molar refractivity (Wildman–Crippen MR) is 116 cm³/mol. The zero-order chi connectivity index (χ0) is 20.3. The van der Waals surface area contributed by atoms with Gasteiger partial charge in [-0.1, -0.05) is 54.1 Å². The molecule has 1 aromatic heterocycles. The molecule has 0 aliphatic rings. The molecule has 29 heavy (non-hydrogen) atoms. The normalized spacial score (nSPS) is 11.3. The summed E-state index contributed by atoms with van der Waals surface area (Å²) in [6, 6.07) is 22.8. The van der Waals surface area contributed by atoms with Gasteiger partial charge in [-0.3, -0.25) is 4.72 Å². The summed E-state index contributed by atoms with van der Waals surface area (Å²) in [6.45, 7) is 0.435. The maximum absolute atomic E-state index is 12.8. The quantitative estimate of drug-likeness (QED) is 0.468. The number of fused-ring (bicyclic) bond motifs is 1. The standard InChI is InChI=1S/C21H17ClN4O2S/c22-16-12-10-15(11-13-16)14-23-20-21(25-19-9-5-4-8-18(19)24-20)26-29(27,28)17-6-2-1-3-7-17/h1-13H,14H2,(H,23,24)(H,25,26). The molecule has 0 aliphatic heterocycles. The van der Waals surface area contributed by atoms with E-state index in [2.05, 4.69) is 20.0 Å². The molecule has 0 fully saturated rings. The molecule has 0 aliphatic carbocycles. The average molecular weight is 425 g/mol. The van der Waals surface area contributed by atoms with Crippen LogP contribution in [0.3, 0.4) is 0 Å². The van der Waals surface area contributed by atoms with E-state index in [1.165, 1.54) is 12.1 Å². The number of nitrogens with one attached hydrogen (secondary N) is 2. The van der Waals surface area contributed by atoms with Crippen LogP contribution in [-0.4, -0.2) is 18.4 Å². The van der Waals surface area contributed by atoms with Crippen LogP contribution in [0.25, 0.3) is 11.0 Å². The minimum Gasteiger partial charge on any atom is -0.363 e. The molecule has 3 aromatic carbocycles. The van der Waals surface area contributed by atoms with Crippen molar-refractivity contribution in [2.24, 2.45) is 0 Å². The number of hydrogen-bond acceptors (Lipinski definition) is 5. The molecule has 0 atom stereocenters. The second kappa shape index (κ2) is 8.06. The topological polar surface area (TPSA) is 84.0 Å². The van der Waals surface area contributed by atoms with Crippen LogP contribution in [0.4, 0.5) is 11.6 Å². The summed E-state index contributed by atoms with van der Waals surface area (Å²) in [6.07, 6.45) is 0. The molecule has 1 heterocycles. The Kier molecular flexibility index (Phi) is 5.33. The van der Waals surface area contributed by atoms with Gasteiger partial charge in [0, 0.05) is 11.6 Å². The van der Waals surface area contributed by atoms with Crippen LogP contribution < -0.4 is 10.0 Å². The molecule has 0 saturated carbocycles. The van der Waals surface area contributed by atoms with Crippen molar-refractivity contribution in [3.8, 4) is 0 Å². The second-order valence-corrected chi connectivity index (χ2v) is 8.43. The third-order valence-electron chi connectivity index (χ3n) is 4.23. The summed E-state index contributed by atoms with van der Waals surface area (Å²) in [7, 11) is -3.80. The molecular weight excluding hydrogens is 408 g/mol. The number of anilines is 2. The molecule has 0 saturated heterocycles. The van der Waals surface area contributed by atoms with E-state index in [0.717, 1.165) is 5.56 Å². The van der Waals surface area contributed by atoms with E-state index in [1.807, 2.05) is 30.3 Å². The Hall–Kier alpha value is -3.16. The minimum absolute atomic E-state index is 0.140. The van der Waals surface area contributed by atoms with Crippen LogP contribution in [0.1, 0.15) is 5.56 Å². The number of sulfonamides is 1. The number of halogens is 1. The molecule has 8 heteroatoms.